The van der Waals surface area contributed by atoms with E-state index in [0.29, 0.717) is 0 Å². The molecule has 0 aromatic rings. The van der Waals surface area contributed by atoms with Crippen molar-refractivity contribution in [2.24, 2.45) is 11.7 Å². The zero-order chi connectivity index (χ0) is 9.90. The summed E-state index contributed by atoms with van der Waals surface area (Å²) in [6, 6.07) is 0. The minimum Gasteiger partial charge on any atom is -0.329 e. The van der Waals surface area contributed by atoms with E-state index in [9.17, 15) is 0 Å². The zero-order valence-electron chi connectivity index (χ0n) is 9.34. The highest BCUT2D eigenvalue weighted by molar-refractivity contribution is 4.91. The average molecular weight is 184 g/mol. The van der Waals surface area contributed by atoms with Gasteiger partial charge in [0.05, 0.1) is 0 Å². The maximum atomic E-state index is 5.87. The van der Waals surface area contributed by atoms with E-state index < -0.39 is 0 Å². The first-order chi connectivity index (χ1) is 6.12. The Bertz CT molecular complexity index is 154. The van der Waals surface area contributed by atoms with Gasteiger partial charge in [0, 0.05) is 12.1 Å². The molecule has 1 atom stereocenters. The fourth-order valence-electron chi connectivity index (χ4n) is 1.94. The van der Waals surface area contributed by atoms with Crippen LogP contribution in [-0.4, -0.2) is 30.6 Å². The van der Waals surface area contributed by atoms with Crippen LogP contribution in [0.15, 0.2) is 0 Å². The van der Waals surface area contributed by atoms with Crippen molar-refractivity contribution in [2.75, 3.05) is 20.1 Å². The standard InChI is InChI=1S/C11H24N2/c1-4-7-13(3)11(2,9-12)8-10-5-6-10/h10H,4-9,12H2,1-3H3. The van der Waals surface area contributed by atoms with Gasteiger partial charge in [-0.1, -0.05) is 19.8 Å². The number of nitrogens with zero attached hydrogens (tertiary/aromatic N) is 1. The summed E-state index contributed by atoms with van der Waals surface area (Å²) in [6.45, 7) is 6.49. The number of nitrogens with two attached hydrogens (primary N) is 1. The molecule has 0 aromatic heterocycles. The Morgan fingerprint density at radius 1 is 1.46 bits per heavy atom. The van der Waals surface area contributed by atoms with E-state index in [1.54, 1.807) is 0 Å². The second-order valence-electron chi connectivity index (χ2n) is 4.77. The van der Waals surface area contributed by atoms with E-state index in [1.165, 1.54) is 32.2 Å². The predicted octanol–water partition coefficient (Wildman–Crippen LogP) is 1.85. The fraction of sp³-hybridized carbons (Fsp3) is 1.00. The molecule has 1 aliphatic carbocycles. The number of hydrogen-bond acceptors (Lipinski definition) is 2. The third kappa shape index (κ3) is 2.96. The van der Waals surface area contributed by atoms with Crippen molar-refractivity contribution in [3.63, 3.8) is 0 Å². The van der Waals surface area contributed by atoms with Gasteiger partial charge in [-0.2, -0.15) is 0 Å². The lowest BCUT2D eigenvalue weighted by Crippen LogP contribution is -2.50. The lowest BCUT2D eigenvalue weighted by molar-refractivity contribution is 0.127. The van der Waals surface area contributed by atoms with Gasteiger partial charge in [-0.15, -0.1) is 0 Å². The third-order valence-electron chi connectivity index (χ3n) is 3.35. The number of rotatable bonds is 6. The monoisotopic (exact) mass is 184 g/mol. The maximum Gasteiger partial charge on any atom is 0.0303 e. The van der Waals surface area contributed by atoms with Gasteiger partial charge >= 0.3 is 0 Å². The second-order valence-corrected chi connectivity index (χ2v) is 4.77. The molecule has 0 saturated heterocycles. The van der Waals surface area contributed by atoms with E-state index in [1.807, 2.05) is 0 Å². The SMILES string of the molecule is CCCN(C)C(C)(CN)CC1CC1. The van der Waals surface area contributed by atoms with Gasteiger partial charge in [0.2, 0.25) is 0 Å². The maximum absolute atomic E-state index is 5.87. The summed E-state index contributed by atoms with van der Waals surface area (Å²) in [6.07, 6.45) is 5.36. The van der Waals surface area contributed by atoms with Crippen molar-refractivity contribution in [2.45, 2.75) is 45.1 Å². The molecule has 1 rings (SSSR count). The molecule has 1 saturated carbocycles. The summed E-state index contributed by atoms with van der Waals surface area (Å²) in [4.78, 5) is 2.44. The fourth-order valence-corrected chi connectivity index (χ4v) is 1.94. The van der Waals surface area contributed by atoms with E-state index in [2.05, 4.69) is 25.8 Å². The van der Waals surface area contributed by atoms with E-state index in [4.69, 9.17) is 5.73 Å². The van der Waals surface area contributed by atoms with Crippen molar-refractivity contribution in [3.05, 3.63) is 0 Å². The molecule has 1 fully saturated rings. The normalized spacial score (nSPS) is 21.9. The Morgan fingerprint density at radius 2 is 2.08 bits per heavy atom. The predicted molar refractivity (Wildman–Crippen MR) is 57.7 cm³/mol. The lowest BCUT2D eigenvalue weighted by Gasteiger charge is -2.38. The molecular weight excluding hydrogens is 160 g/mol. The van der Waals surface area contributed by atoms with Crippen LogP contribution in [-0.2, 0) is 0 Å². The summed E-state index contributed by atoms with van der Waals surface area (Å²) in [7, 11) is 2.21. The van der Waals surface area contributed by atoms with Gasteiger partial charge in [0.1, 0.15) is 0 Å². The molecule has 0 amide bonds. The molecular formula is C11H24N2. The molecule has 13 heavy (non-hydrogen) atoms. The number of likely N-dealkylation sites (N-methyl/N-ethyl adjacent to an activating group) is 1. The van der Waals surface area contributed by atoms with Crippen LogP contribution >= 0.6 is 0 Å². The zero-order valence-corrected chi connectivity index (χ0v) is 9.34. The minimum absolute atomic E-state index is 0.247. The summed E-state index contributed by atoms with van der Waals surface area (Å²) in [5.41, 5.74) is 6.12. The van der Waals surface area contributed by atoms with Gasteiger partial charge in [-0.3, -0.25) is 4.90 Å². The molecule has 1 unspecified atom stereocenters. The van der Waals surface area contributed by atoms with Gasteiger partial charge in [0.15, 0.2) is 0 Å². The van der Waals surface area contributed by atoms with Crippen molar-refractivity contribution in [1.82, 2.24) is 4.90 Å². The van der Waals surface area contributed by atoms with Crippen LogP contribution < -0.4 is 5.73 Å². The Kier molecular flexibility index (Phi) is 3.74. The van der Waals surface area contributed by atoms with Gasteiger partial charge < -0.3 is 5.73 Å². The molecule has 0 aromatic carbocycles. The first-order valence-corrected chi connectivity index (χ1v) is 5.53. The average Bonchev–Trinajstić information content (AvgIpc) is 2.88. The van der Waals surface area contributed by atoms with Crippen LogP contribution in [0.3, 0.4) is 0 Å². The quantitative estimate of drug-likeness (QED) is 0.682. The first-order valence-electron chi connectivity index (χ1n) is 5.53. The Hall–Kier alpha value is -0.0800. The number of hydrogen-bond donors (Lipinski definition) is 1. The van der Waals surface area contributed by atoms with Crippen LogP contribution in [0.2, 0.25) is 0 Å². The topological polar surface area (TPSA) is 29.3 Å². The van der Waals surface area contributed by atoms with Crippen LogP contribution in [0.25, 0.3) is 0 Å². The highest BCUT2D eigenvalue weighted by atomic mass is 15.2. The molecule has 2 heteroatoms. The highest BCUT2D eigenvalue weighted by Gasteiger charge is 2.34. The second kappa shape index (κ2) is 4.43. The van der Waals surface area contributed by atoms with E-state index in [-0.39, 0.29) is 5.54 Å². The van der Waals surface area contributed by atoms with Crippen molar-refractivity contribution in [1.29, 1.82) is 0 Å². The minimum atomic E-state index is 0.247. The first kappa shape index (κ1) is 11.0. The Morgan fingerprint density at radius 3 is 2.46 bits per heavy atom. The molecule has 0 spiro atoms. The van der Waals surface area contributed by atoms with Crippen molar-refractivity contribution < 1.29 is 0 Å². The lowest BCUT2D eigenvalue weighted by atomic mass is 9.93. The smallest absolute Gasteiger partial charge is 0.0303 e. The summed E-state index contributed by atoms with van der Waals surface area (Å²) < 4.78 is 0. The van der Waals surface area contributed by atoms with Crippen molar-refractivity contribution in [3.8, 4) is 0 Å². The molecule has 0 radical (unpaired) electrons. The molecule has 1 aliphatic rings. The summed E-state index contributed by atoms with van der Waals surface area (Å²) >= 11 is 0. The summed E-state index contributed by atoms with van der Waals surface area (Å²) in [5, 5.41) is 0. The highest BCUT2D eigenvalue weighted by Crippen LogP contribution is 2.38. The van der Waals surface area contributed by atoms with Gasteiger partial charge in [0.25, 0.3) is 0 Å². The molecule has 78 valence electrons. The van der Waals surface area contributed by atoms with Crippen LogP contribution in [0.5, 0.6) is 0 Å². The van der Waals surface area contributed by atoms with E-state index >= 15 is 0 Å². The molecule has 0 aliphatic heterocycles. The Labute approximate surface area is 82.5 Å². The molecule has 0 heterocycles. The van der Waals surface area contributed by atoms with E-state index in [0.717, 1.165) is 12.5 Å². The van der Waals surface area contributed by atoms with Crippen molar-refractivity contribution >= 4 is 0 Å². The largest absolute Gasteiger partial charge is 0.329 e. The summed E-state index contributed by atoms with van der Waals surface area (Å²) in [5.74, 6) is 0.966. The molecule has 0 bridgehead atoms. The van der Waals surface area contributed by atoms with Gasteiger partial charge in [-0.05, 0) is 39.3 Å². The van der Waals surface area contributed by atoms with Gasteiger partial charge in [-0.25, -0.2) is 0 Å². The van der Waals surface area contributed by atoms with Crippen LogP contribution in [0.4, 0.5) is 0 Å². The Balaban J connectivity index is 2.44. The van der Waals surface area contributed by atoms with Crippen LogP contribution in [0, 0.1) is 5.92 Å². The molecule has 2 nitrogen and oxygen atoms in total. The third-order valence-corrected chi connectivity index (χ3v) is 3.35. The van der Waals surface area contributed by atoms with Crippen LogP contribution in [0.1, 0.15) is 39.5 Å². The molecule has 2 N–H and O–H groups in total.